The summed E-state index contributed by atoms with van der Waals surface area (Å²) in [4.78, 5) is 1.36. The van der Waals surface area contributed by atoms with Gasteiger partial charge in [-0.05, 0) is 24.5 Å². The molecule has 4 heteroatoms. The van der Waals surface area contributed by atoms with Crippen molar-refractivity contribution in [3.8, 4) is 0 Å². The highest BCUT2D eigenvalue weighted by molar-refractivity contribution is 7.99. The fourth-order valence-electron chi connectivity index (χ4n) is 2.15. The Hall–Kier alpha value is -0.550. The van der Waals surface area contributed by atoms with Crippen LogP contribution in [0.15, 0.2) is 29.2 Å². The highest BCUT2D eigenvalue weighted by Crippen LogP contribution is 2.26. The van der Waals surface area contributed by atoms with Crippen molar-refractivity contribution >= 4 is 11.8 Å². The lowest BCUT2D eigenvalue weighted by Gasteiger charge is -2.12. The maximum atomic E-state index is 5.67. The molecule has 0 bridgehead atoms. The maximum absolute atomic E-state index is 5.67. The second-order valence-corrected chi connectivity index (χ2v) is 5.79. The van der Waals surface area contributed by atoms with Crippen LogP contribution in [0.5, 0.6) is 0 Å². The highest BCUT2D eigenvalue weighted by atomic mass is 32.2. The number of hydrogen-bond acceptors (Lipinski definition) is 4. The summed E-state index contributed by atoms with van der Waals surface area (Å²) >= 11 is 1.91. The predicted molar refractivity (Wildman–Crippen MR) is 79.7 cm³/mol. The van der Waals surface area contributed by atoms with Gasteiger partial charge >= 0.3 is 0 Å². The minimum absolute atomic E-state index is 0.444. The minimum atomic E-state index is 0.444. The topological polar surface area (TPSA) is 30.5 Å². The molecule has 3 nitrogen and oxygen atoms in total. The molecule has 1 aliphatic rings. The summed E-state index contributed by atoms with van der Waals surface area (Å²) in [5.41, 5.74) is 1.36. The van der Waals surface area contributed by atoms with Crippen LogP contribution >= 0.6 is 11.8 Å². The zero-order valence-electron chi connectivity index (χ0n) is 11.6. The van der Waals surface area contributed by atoms with Crippen molar-refractivity contribution in [3.63, 3.8) is 0 Å². The van der Waals surface area contributed by atoms with Crippen LogP contribution in [0.1, 0.15) is 18.4 Å². The van der Waals surface area contributed by atoms with E-state index in [0.717, 1.165) is 32.1 Å². The molecule has 106 valence electrons. The van der Waals surface area contributed by atoms with E-state index in [1.807, 2.05) is 11.8 Å². The smallest absolute Gasteiger partial charge is 0.0669 e. The first-order valence-corrected chi connectivity index (χ1v) is 7.90. The first-order valence-electron chi connectivity index (χ1n) is 6.92. The molecule has 19 heavy (non-hydrogen) atoms. The summed E-state index contributed by atoms with van der Waals surface area (Å²) in [6, 6.07) is 8.60. The third-order valence-corrected chi connectivity index (χ3v) is 4.47. The van der Waals surface area contributed by atoms with Crippen LogP contribution in [0.25, 0.3) is 0 Å². The lowest BCUT2D eigenvalue weighted by atomic mass is 10.2. The molecule has 2 rings (SSSR count). The number of nitrogens with one attached hydrogen (secondary N) is 1. The van der Waals surface area contributed by atoms with Gasteiger partial charge in [-0.15, -0.1) is 11.8 Å². The van der Waals surface area contributed by atoms with E-state index >= 15 is 0 Å². The molecule has 0 spiro atoms. The molecule has 0 amide bonds. The summed E-state index contributed by atoms with van der Waals surface area (Å²) in [7, 11) is 1.73. The van der Waals surface area contributed by atoms with Gasteiger partial charge in [-0.25, -0.2) is 0 Å². The largest absolute Gasteiger partial charge is 0.383 e. The number of rotatable bonds is 8. The van der Waals surface area contributed by atoms with E-state index < -0.39 is 0 Å². The van der Waals surface area contributed by atoms with E-state index in [0.29, 0.717) is 6.10 Å². The van der Waals surface area contributed by atoms with Crippen molar-refractivity contribution in [2.75, 3.05) is 32.6 Å². The lowest BCUT2D eigenvalue weighted by molar-refractivity contribution is 0.129. The number of thioether (sulfide) groups is 1. The van der Waals surface area contributed by atoms with E-state index in [-0.39, 0.29) is 0 Å². The average Bonchev–Trinajstić information content (AvgIpc) is 2.96. The SMILES string of the molecule is COCCNCc1ccccc1SCC1CCCO1. The number of methoxy groups -OCH3 is 1. The van der Waals surface area contributed by atoms with Gasteiger partial charge < -0.3 is 14.8 Å². The molecule has 1 aromatic rings. The number of ether oxygens (including phenoxy) is 2. The Bertz CT molecular complexity index is 367. The maximum Gasteiger partial charge on any atom is 0.0669 e. The van der Waals surface area contributed by atoms with E-state index in [1.165, 1.54) is 23.3 Å². The van der Waals surface area contributed by atoms with Crippen LogP contribution in [0.2, 0.25) is 0 Å². The van der Waals surface area contributed by atoms with Crippen molar-refractivity contribution in [2.45, 2.75) is 30.4 Å². The van der Waals surface area contributed by atoms with Crippen molar-refractivity contribution < 1.29 is 9.47 Å². The molecule has 0 saturated carbocycles. The molecule has 1 fully saturated rings. The third kappa shape index (κ3) is 5.15. The second kappa shape index (κ2) is 8.59. The van der Waals surface area contributed by atoms with Gasteiger partial charge in [0, 0.05) is 37.5 Å². The fourth-order valence-corrected chi connectivity index (χ4v) is 3.28. The van der Waals surface area contributed by atoms with Gasteiger partial charge in [0.15, 0.2) is 0 Å². The monoisotopic (exact) mass is 281 g/mol. The van der Waals surface area contributed by atoms with Crippen LogP contribution in [0.4, 0.5) is 0 Å². The average molecular weight is 281 g/mol. The Morgan fingerprint density at radius 2 is 2.32 bits per heavy atom. The molecule has 1 saturated heterocycles. The molecule has 1 atom stereocenters. The first-order chi connectivity index (χ1) is 9.40. The molecule has 1 aromatic carbocycles. The van der Waals surface area contributed by atoms with E-state index in [4.69, 9.17) is 9.47 Å². The Kier molecular flexibility index (Phi) is 6.71. The molecule has 1 N–H and O–H groups in total. The van der Waals surface area contributed by atoms with Gasteiger partial charge in [-0.1, -0.05) is 18.2 Å². The van der Waals surface area contributed by atoms with Crippen LogP contribution in [0, 0.1) is 0 Å². The molecular weight excluding hydrogens is 258 g/mol. The summed E-state index contributed by atoms with van der Waals surface area (Å²) in [6.45, 7) is 3.48. The zero-order valence-corrected chi connectivity index (χ0v) is 12.4. The quantitative estimate of drug-likeness (QED) is 0.586. The van der Waals surface area contributed by atoms with Crippen LogP contribution in [-0.2, 0) is 16.0 Å². The normalized spacial score (nSPS) is 18.9. The summed E-state index contributed by atoms with van der Waals surface area (Å²) in [5, 5.41) is 3.40. The number of hydrogen-bond donors (Lipinski definition) is 1. The minimum Gasteiger partial charge on any atom is -0.383 e. The first kappa shape index (κ1) is 14.9. The van der Waals surface area contributed by atoms with Gasteiger partial charge in [0.05, 0.1) is 12.7 Å². The second-order valence-electron chi connectivity index (χ2n) is 4.72. The Balaban J connectivity index is 1.80. The lowest BCUT2D eigenvalue weighted by Crippen LogP contribution is -2.19. The van der Waals surface area contributed by atoms with Crippen LogP contribution < -0.4 is 5.32 Å². The molecular formula is C15H23NO2S. The molecule has 1 aliphatic heterocycles. The third-order valence-electron chi connectivity index (χ3n) is 3.22. The van der Waals surface area contributed by atoms with Crippen molar-refractivity contribution in [2.24, 2.45) is 0 Å². The number of benzene rings is 1. The Labute approximate surface area is 120 Å². The van der Waals surface area contributed by atoms with E-state index in [9.17, 15) is 0 Å². The van der Waals surface area contributed by atoms with E-state index in [2.05, 4.69) is 29.6 Å². The van der Waals surface area contributed by atoms with Crippen molar-refractivity contribution in [3.05, 3.63) is 29.8 Å². The Morgan fingerprint density at radius 3 is 3.11 bits per heavy atom. The Morgan fingerprint density at radius 1 is 1.42 bits per heavy atom. The van der Waals surface area contributed by atoms with E-state index in [1.54, 1.807) is 7.11 Å². The molecule has 1 heterocycles. The van der Waals surface area contributed by atoms with Crippen molar-refractivity contribution in [1.82, 2.24) is 5.32 Å². The fraction of sp³-hybridized carbons (Fsp3) is 0.600. The summed E-state index contributed by atoms with van der Waals surface area (Å²) in [6.07, 6.45) is 2.87. The van der Waals surface area contributed by atoms with Crippen LogP contribution in [-0.4, -0.2) is 38.7 Å². The molecule has 0 radical (unpaired) electrons. The van der Waals surface area contributed by atoms with Crippen LogP contribution in [0.3, 0.4) is 0 Å². The molecule has 0 aliphatic carbocycles. The predicted octanol–water partition coefficient (Wildman–Crippen LogP) is 2.69. The standard InChI is InChI=1S/C15H23NO2S/c1-17-10-8-16-11-13-5-2-3-7-15(13)19-12-14-6-4-9-18-14/h2-3,5,7,14,16H,4,6,8-12H2,1H3. The van der Waals surface area contributed by atoms with Gasteiger partial charge in [0.25, 0.3) is 0 Å². The molecule has 0 aromatic heterocycles. The summed E-state index contributed by atoms with van der Waals surface area (Å²) < 4.78 is 10.7. The van der Waals surface area contributed by atoms with Gasteiger partial charge in [0.1, 0.15) is 0 Å². The molecule has 1 unspecified atom stereocenters. The highest BCUT2D eigenvalue weighted by Gasteiger charge is 2.16. The van der Waals surface area contributed by atoms with Gasteiger partial charge in [-0.2, -0.15) is 0 Å². The zero-order chi connectivity index (χ0) is 13.3. The van der Waals surface area contributed by atoms with Crippen molar-refractivity contribution in [1.29, 1.82) is 0 Å². The van der Waals surface area contributed by atoms with Gasteiger partial charge in [0.2, 0.25) is 0 Å². The van der Waals surface area contributed by atoms with Gasteiger partial charge in [-0.3, -0.25) is 0 Å². The summed E-state index contributed by atoms with van der Waals surface area (Å²) in [5.74, 6) is 1.06.